The molecule has 118 valence electrons. The minimum Gasteiger partial charge on any atom is -0.504 e. The lowest BCUT2D eigenvalue weighted by Crippen LogP contribution is -2.41. The van der Waals surface area contributed by atoms with E-state index in [4.69, 9.17) is 4.74 Å². The van der Waals surface area contributed by atoms with Crippen LogP contribution in [0, 0.1) is 0 Å². The van der Waals surface area contributed by atoms with Crippen molar-refractivity contribution >= 4 is 5.91 Å². The molecule has 0 aliphatic carbocycles. The van der Waals surface area contributed by atoms with Gasteiger partial charge in [-0.2, -0.15) is 0 Å². The van der Waals surface area contributed by atoms with Gasteiger partial charge in [0.15, 0.2) is 11.5 Å². The summed E-state index contributed by atoms with van der Waals surface area (Å²) in [7, 11) is 1.52. The number of aromatic hydroxyl groups is 1. The summed E-state index contributed by atoms with van der Waals surface area (Å²) >= 11 is 0. The van der Waals surface area contributed by atoms with Crippen LogP contribution in [0.25, 0.3) is 0 Å². The van der Waals surface area contributed by atoms with Gasteiger partial charge in [0.2, 0.25) is 5.91 Å². The maximum Gasteiger partial charge on any atom is 0.221 e. The highest BCUT2D eigenvalue weighted by Crippen LogP contribution is 2.28. The Labute approximate surface area is 126 Å². The van der Waals surface area contributed by atoms with Gasteiger partial charge in [0.05, 0.1) is 7.11 Å². The van der Waals surface area contributed by atoms with Crippen molar-refractivity contribution in [3.63, 3.8) is 0 Å². The SMILES string of the molecule is COc1cc(C(C)NCCC(=O)NC(C)(C)C)ccc1O. The topological polar surface area (TPSA) is 70.6 Å². The van der Waals surface area contributed by atoms with Crippen molar-refractivity contribution in [2.45, 2.75) is 45.7 Å². The standard InChI is InChI=1S/C16H26N2O3/c1-11(12-6-7-13(19)14(10-12)21-5)17-9-8-15(20)18-16(2,3)4/h6-7,10-11,17,19H,8-9H2,1-5H3,(H,18,20). The van der Waals surface area contributed by atoms with Gasteiger partial charge in [-0.25, -0.2) is 0 Å². The first-order valence-electron chi connectivity index (χ1n) is 7.14. The van der Waals surface area contributed by atoms with E-state index in [1.54, 1.807) is 12.1 Å². The van der Waals surface area contributed by atoms with Crippen molar-refractivity contribution in [3.05, 3.63) is 23.8 Å². The fourth-order valence-electron chi connectivity index (χ4n) is 1.96. The van der Waals surface area contributed by atoms with Crippen molar-refractivity contribution in [2.75, 3.05) is 13.7 Å². The third-order valence-electron chi connectivity index (χ3n) is 3.02. The van der Waals surface area contributed by atoms with Crippen LogP contribution in [0.4, 0.5) is 0 Å². The Morgan fingerprint density at radius 1 is 1.38 bits per heavy atom. The average Bonchev–Trinajstić information content (AvgIpc) is 2.37. The molecule has 5 nitrogen and oxygen atoms in total. The smallest absolute Gasteiger partial charge is 0.221 e. The van der Waals surface area contributed by atoms with Crippen molar-refractivity contribution in [1.29, 1.82) is 0 Å². The maximum absolute atomic E-state index is 11.7. The highest BCUT2D eigenvalue weighted by molar-refractivity contribution is 5.76. The first-order valence-corrected chi connectivity index (χ1v) is 7.14. The van der Waals surface area contributed by atoms with Crippen LogP contribution in [-0.4, -0.2) is 30.2 Å². The number of nitrogens with one attached hydrogen (secondary N) is 2. The van der Waals surface area contributed by atoms with Crippen molar-refractivity contribution in [2.24, 2.45) is 0 Å². The van der Waals surface area contributed by atoms with Crippen molar-refractivity contribution in [1.82, 2.24) is 10.6 Å². The Morgan fingerprint density at radius 3 is 2.62 bits per heavy atom. The molecule has 21 heavy (non-hydrogen) atoms. The first-order chi connectivity index (χ1) is 9.73. The quantitative estimate of drug-likeness (QED) is 0.753. The number of ether oxygens (including phenoxy) is 1. The van der Waals surface area contributed by atoms with E-state index in [1.807, 2.05) is 33.8 Å². The number of amides is 1. The number of methoxy groups -OCH3 is 1. The van der Waals surface area contributed by atoms with E-state index < -0.39 is 0 Å². The van der Waals surface area contributed by atoms with Gasteiger partial charge in [-0.05, 0) is 45.4 Å². The van der Waals surface area contributed by atoms with E-state index in [-0.39, 0.29) is 23.2 Å². The van der Waals surface area contributed by atoms with E-state index in [9.17, 15) is 9.90 Å². The fraction of sp³-hybridized carbons (Fsp3) is 0.562. The molecule has 0 fully saturated rings. The van der Waals surface area contributed by atoms with Gasteiger partial charge in [0.1, 0.15) is 0 Å². The zero-order valence-electron chi connectivity index (χ0n) is 13.5. The van der Waals surface area contributed by atoms with Gasteiger partial charge in [-0.1, -0.05) is 6.07 Å². The monoisotopic (exact) mass is 294 g/mol. The van der Waals surface area contributed by atoms with E-state index in [0.29, 0.717) is 18.7 Å². The molecule has 1 aromatic carbocycles. The Morgan fingerprint density at radius 2 is 2.05 bits per heavy atom. The highest BCUT2D eigenvalue weighted by Gasteiger charge is 2.14. The van der Waals surface area contributed by atoms with Gasteiger partial charge in [0.25, 0.3) is 0 Å². The second-order valence-electron chi connectivity index (χ2n) is 6.16. The number of phenols is 1. The molecule has 5 heteroatoms. The minimum atomic E-state index is -0.201. The second kappa shape index (κ2) is 7.31. The van der Waals surface area contributed by atoms with Crippen LogP contribution in [0.1, 0.15) is 45.7 Å². The molecular formula is C16H26N2O3. The number of benzene rings is 1. The summed E-state index contributed by atoms with van der Waals surface area (Å²) in [5, 5.41) is 15.8. The van der Waals surface area contributed by atoms with Gasteiger partial charge >= 0.3 is 0 Å². The van der Waals surface area contributed by atoms with E-state index in [0.717, 1.165) is 5.56 Å². The van der Waals surface area contributed by atoms with Gasteiger partial charge in [0, 0.05) is 24.5 Å². The molecule has 0 aliphatic heterocycles. The van der Waals surface area contributed by atoms with E-state index in [2.05, 4.69) is 10.6 Å². The number of carbonyl (C=O) groups is 1. The summed E-state index contributed by atoms with van der Waals surface area (Å²) in [5.41, 5.74) is 0.799. The predicted octanol–water partition coefficient (Wildman–Crippen LogP) is 2.36. The Kier molecular flexibility index (Phi) is 6.03. The largest absolute Gasteiger partial charge is 0.504 e. The number of rotatable bonds is 6. The highest BCUT2D eigenvalue weighted by atomic mass is 16.5. The molecule has 0 radical (unpaired) electrons. The zero-order valence-corrected chi connectivity index (χ0v) is 13.5. The maximum atomic E-state index is 11.7. The minimum absolute atomic E-state index is 0.0329. The molecule has 0 spiro atoms. The van der Waals surface area contributed by atoms with Gasteiger partial charge in [-0.3, -0.25) is 4.79 Å². The summed E-state index contributed by atoms with van der Waals surface area (Å²) in [4.78, 5) is 11.7. The van der Waals surface area contributed by atoms with Crippen LogP contribution in [0.2, 0.25) is 0 Å². The summed E-state index contributed by atoms with van der Waals surface area (Å²) in [6, 6.07) is 5.31. The molecule has 1 unspecified atom stereocenters. The third kappa shape index (κ3) is 6.04. The molecule has 3 N–H and O–H groups in total. The fourth-order valence-corrected chi connectivity index (χ4v) is 1.96. The average molecular weight is 294 g/mol. The molecule has 0 heterocycles. The van der Waals surface area contributed by atoms with Gasteiger partial charge < -0.3 is 20.5 Å². The molecule has 0 bridgehead atoms. The first kappa shape index (κ1) is 17.3. The van der Waals surface area contributed by atoms with Crippen LogP contribution in [-0.2, 0) is 4.79 Å². The molecule has 1 atom stereocenters. The lowest BCUT2D eigenvalue weighted by Gasteiger charge is -2.21. The third-order valence-corrected chi connectivity index (χ3v) is 3.02. The Bertz CT molecular complexity index is 481. The van der Waals surface area contributed by atoms with E-state index in [1.165, 1.54) is 7.11 Å². The summed E-state index contributed by atoms with van der Waals surface area (Å²) < 4.78 is 5.09. The molecular weight excluding hydrogens is 268 g/mol. The molecule has 1 amide bonds. The van der Waals surface area contributed by atoms with Crippen LogP contribution >= 0.6 is 0 Å². The molecule has 0 saturated heterocycles. The summed E-state index contributed by atoms with van der Waals surface area (Å²) in [6.45, 7) is 8.48. The van der Waals surface area contributed by atoms with Crippen molar-refractivity contribution < 1.29 is 14.6 Å². The van der Waals surface area contributed by atoms with Gasteiger partial charge in [-0.15, -0.1) is 0 Å². The predicted molar refractivity (Wildman–Crippen MR) is 83.6 cm³/mol. The van der Waals surface area contributed by atoms with E-state index >= 15 is 0 Å². The van der Waals surface area contributed by atoms with Crippen LogP contribution in [0.15, 0.2) is 18.2 Å². The van der Waals surface area contributed by atoms with Crippen LogP contribution in [0.3, 0.4) is 0 Å². The Balaban J connectivity index is 2.47. The molecule has 1 aromatic rings. The Hall–Kier alpha value is -1.75. The number of hydrogen-bond acceptors (Lipinski definition) is 4. The van der Waals surface area contributed by atoms with Crippen LogP contribution in [0.5, 0.6) is 11.5 Å². The molecule has 0 saturated carbocycles. The van der Waals surface area contributed by atoms with Crippen LogP contribution < -0.4 is 15.4 Å². The molecule has 1 rings (SSSR count). The zero-order chi connectivity index (χ0) is 16.0. The van der Waals surface area contributed by atoms with Crippen molar-refractivity contribution in [3.8, 4) is 11.5 Å². The lowest BCUT2D eigenvalue weighted by molar-refractivity contribution is -0.122. The molecule has 0 aromatic heterocycles. The second-order valence-corrected chi connectivity index (χ2v) is 6.16. The lowest BCUT2D eigenvalue weighted by atomic mass is 10.1. The number of hydrogen-bond donors (Lipinski definition) is 3. The summed E-state index contributed by atoms with van der Waals surface area (Å²) in [5.74, 6) is 0.607. The number of carbonyl (C=O) groups excluding carboxylic acids is 1. The summed E-state index contributed by atoms with van der Waals surface area (Å²) in [6.07, 6.45) is 0.427. The normalized spacial score (nSPS) is 12.8. The molecule has 0 aliphatic rings. The number of phenolic OH excluding ortho intramolecular Hbond substituents is 1.